The number of nitrogens with zero attached hydrogens (tertiary/aromatic N) is 2. The highest BCUT2D eigenvalue weighted by molar-refractivity contribution is 6.01. The molecular weight excluding hydrogens is 260 g/mol. The van der Waals surface area contributed by atoms with Gasteiger partial charge in [-0.15, -0.1) is 0 Å². The average molecular weight is 280 g/mol. The summed E-state index contributed by atoms with van der Waals surface area (Å²) >= 11 is 0. The van der Waals surface area contributed by atoms with Gasteiger partial charge in [0.1, 0.15) is 18.2 Å². The second-order valence-corrected chi connectivity index (χ2v) is 5.40. The van der Waals surface area contributed by atoms with Crippen molar-refractivity contribution in [1.29, 1.82) is 0 Å². The third-order valence-corrected chi connectivity index (χ3v) is 3.70. The molecule has 0 N–H and O–H groups in total. The molecule has 2 aromatic carbocycles. The van der Waals surface area contributed by atoms with E-state index in [0.717, 1.165) is 30.2 Å². The molecule has 0 aliphatic carbocycles. The van der Waals surface area contributed by atoms with Gasteiger partial charge in [0.25, 0.3) is 0 Å². The van der Waals surface area contributed by atoms with E-state index in [1.54, 1.807) is 0 Å². The van der Waals surface area contributed by atoms with E-state index in [1.807, 2.05) is 18.2 Å². The van der Waals surface area contributed by atoms with Crippen LogP contribution >= 0.6 is 0 Å². The van der Waals surface area contributed by atoms with Crippen LogP contribution in [0.15, 0.2) is 53.5 Å². The number of benzene rings is 2. The molecule has 3 rings (SSSR count). The Kier molecular flexibility index (Phi) is 3.91. The Labute approximate surface area is 125 Å². The van der Waals surface area contributed by atoms with Gasteiger partial charge < -0.3 is 9.64 Å². The van der Waals surface area contributed by atoms with Crippen LogP contribution in [0, 0.1) is 6.92 Å². The molecule has 0 amide bonds. The number of hydrogen-bond acceptors (Lipinski definition) is 3. The van der Waals surface area contributed by atoms with Crippen molar-refractivity contribution in [2.24, 2.45) is 4.99 Å². The number of ether oxygens (including phenoxy) is 1. The molecular formula is C18H20N2O. The van der Waals surface area contributed by atoms with Crippen LogP contribution in [0.4, 0.5) is 0 Å². The number of rotatable bonds is 4. The summed E-state index contributed by atoms with van der Waals surface area (Å²) in [6.45, 7) is 4.50. The Morgan fingerprint density at radius 1 is 1.10 bits per heavy atom. The summed E-state index contributed by atoms with van der Waals surface area (Å²) < 4.78 is 6.02. The lowest BCUT2D eigenvalue weighted by atomic mass is 10.1. The number of amidine groups is 1. The third-order valence-electron chi connectivity index (χ3n) is 3.70. The largest absolute Gasteiger partial charge is 0.488 e. The molecule has 0 bridgehead atoms. The van der Waals surface area contributed by atoms with Crippen LogP contribution < -0.4 is 4.74 Å². The summed E-state index contributed by atoms with van der Waals surface area (Å²) in [5, 5.41) is 0. The number of aryl methyl sites for hydroxylation is 1. The zero-order valence-electron chi connectivity index (χ0n) is 12.5. The smallest absolute Gasteiger partial charge is 0.134 e. The van der Waals surface area contributed by atoms with Crippen LogP contribution in [0.5, 0.6) is 5.75 Å². The number of likely N-dealkylation sites (N-methyl/N-ethyl adjacent to an activating group) is 1. The minimum Gasteiger partial charge on any atom is -0.488 e. The molecule has 108 valence electrons. The van der Waals surface area contributed by atoms with Gasteiger partial charge in [0.15, 0.2) is 0 Å². The van der Waals surface area contributed by atoms with Crippen LogP contribution in [-0.2, 0) is 6.61 Å². The van der Waals surface area contributed by atoms with Crippen molar-refractivity contribution in [2.45, 2.75) is 13.5 Å². The normalized spacial score (nSPS) is 14.2. The molecule has 0 saturated carbocycles. The van der Waals surface area contributed by atoms with Gasteiger partial charge in [-0.25, -0.2) is 0 Å². The van der Waals surface area contributed by atoms with Crippen molar-refractivity contribution in [3.8, 4) is 5.75 Å². The van der Waals surface area contributed by atoms with Gasteiger partial charge in [0.2, 0.25) is 0 Å². The van der Waals surface area contributed by atoms with Crippen LogP contribution in [0.1, 0.15) is 16.7 Å². The summed E-state index contributed by atoms with van der Waals surface area (Å²) in [6.07, 6.45) is 0. The molecule has 2 aromatic rings. The fourth-order valence-electron chi connectivity index (χ4n) is 2.45. The fraction of sp³-hybridized carbons (Fsp3) is 0.278. The van der Waals surface area contributed by atoms with Gasteiger partial charge in [-0.3, -0.25) is 4.99 Å². The molecule has 21 heavy (non-hydrogen) atoms. The van der Waals surface area contributed by atoms with Gasteiger partial charge in [-0.1, -0.05) is 42.0 Å². The number of para-hydroxylation sites is 1. The van der Waals surface area contributed by atoms with Gasteiger partial charge in [-0.05, 0) is 24.6 Å². The van der Waals surface area contributed by atoms with E-state index in [1.165, 1.54) is 11.1 Å². The summed E-state index contributed by atoms with van der Waals surface area (Å²) in [7, 11) is 2.07. The highest BCUT2D eigenvalue weighted by Crippen LogP contribution is 2.23. The second-order valence-electron chi connectivity index (χ2n) is 5.40. The maximum Gasteiger partial charge on any atom is 0.134 e. The predicted molar refractivity (Wildman–Crippen MR) is 86.0 cm³/mol. The van der Waals surface area contributed by atoms with E-state index in [4.69, 9.17) is 4.74 Å². The van der Waals surface area contributed by atoms with Gasteiger partial charge in [0, 0.05) is 13.6 Å². The molecule has 3 nitrogen and oxygen atoms in total. The van der Waals surface area contributed by atoms with E-state index in [0.29, 0.717) is 6.61 Å². The zero-order valence-corrected chi connectivity index (χ0v) is 12.5. The summed E-state index contributed by atoms with van der Waals surface area (Å²) in [6, 6.07) is 16.6. The number of aliphatic imine (C=N–C) groups is 1. The average Bonchev–Trinajstić information content (AvgIpc) is 2.93. The van der Waals surface area contributed by atoms with Crippen molar-refractivity contribution in [2.75, 3.05) is 20.1 Å². The molecule has 1 aliphatic heterocycles. The highest BCUT2D eigenvalue weighted by atomic mass is 16.5. The molecule has 0 radical (unpaired) electrons. The molecule has 0 atom stereocenters. The van der Waals surface area contributed by atoms with E-state index in [-0.39, 0.29) is 0 Å². The Balaban J connectivity index is 1.78. The molecule has 0 unspecified atom stereocenters. The number of hydrogen-bond donors (Lipinski definition) is 0. The molecule has 0 aromatic heterocycles. The molecule has 1 heterocycles. The second kappa shape index (κ2) is 6.00. The van der Waals surface area contributed by atoms with Crippen molar-refractivity contribution in [3.63, 3.8) is 0 Å². The van der Waals surface area contributed by atoms with Gasteiger partial charge in [0.05, 0.1) is 12.1 Å². The van der Waals surface area contributed by atoms with E-state index < -0.39 is 0 Å². The zero-order chi connectivity index (χ0) is 14.7. The van der Waals surface area contributed by atoms with E-state index in [2.05, 4.69) is 54.2 Å². The summed E-state index contributed by atoms with van der Waals surface area (Å²) in [4.78, 5) is 6.75. The molecule has 0 saturated heterocycles. The SMILES string of the molecule is Cc1ccc(COc2ccccc2C2=NCCN2C)cc1. The Hall–Kier alpha value is -2.29. The molecule has 0 spiro atoms. The first-order valence-electron chi connectivity index (χ1n) is 7.27. The van der Waals surface area contributed by atoms with Crippen molar-refractivity contribution in [3.05, 3.63) is 65.2 Å². The molecule has 3 heteroatoms. The summed E-state index contributed by atoms with van der Waals surface area (Å²) in [5.74, 6) is 1.92. The Morgan fingerprint density at radius 3 is 2.57 bits per heavy atom. The Bertz CT molecular complexity index is 647. The standard InChI is InChI=1S/C18H20N2O/c1-14-7-9-15(10-8-14)13-21-17-6-4-3-5-16(17)18-19-11-12-20(18)2/h3-10H,11-13H2,1-2H3. The van der Waals surface area contributed by atoms with Crippen molar-refractivity contribution in [1.82, 2.24) is 4.90 Å². The van der Waals surface area contributed by atoms with Crippen molar-refractivity contribution >= 4 is 5.84 Å². The first-order chi connectivity index (χ1) is 10.2. The van der Waals surface area contributed by atoms with Gasteiger partial charge >= 0.3 is 0 Å². The van der Waals surface area contributed by atoms with Gasteiger partial charge in [-0.2, -0.15) is 0 Å². The first-order valence-corrected chi connectivity index (χ1v) is 7.27. The molecule has 1 aliphatic rings. The quantitative estimate of drug-likeness (QED) is 0.858. The fourth-order valence-corrected chi connectivity index (χ4v) is 2.45. The third kappa shape index (κ3) is 3.07. The first kappa shape index (κ1) is 13.7. The Morgan fingerprint density at radius 2 is 1.86 bits per heavy atom. The lowest BCUT2D eigenvalue weighted by Crippen LogP contribution is -2.24. The van der Waals surface area contributed by atoms with Crippen LogP contribution in [-0.4, -0.2) is 30.9 Å². The minimum absolute atomic E-state index is 0.578. The monoisotopic (exact) mass is 280 g/mol. The highest BCUT2D eigenvalue weighted by Gasteiger charge is 2.18. The van der Waals surface area contributed by atoms with E-state index >= 15 is 0 Å². The molecule has 0 fully saturated rings. The lowest BCUT2D eigenvalue weighted by molar-refractivity contribution is 0.305. The van der Waals surface area contributed by atoms with Crippen LogP contribution in [0.3, 0.4) is 0 Å². The maximum atomic E-state index is 6.02. The van der Waals surface area contributed by atoms with Crippen LogP contribution in [0.2, 0.25) is 0 Å². The summed E-state index contributed by atoms with van der Waals surface area (Å²) in [5.41, 5.74) is 3.52. The van der Waals surface area contributed by atoms with Crippen LogP contribution in [0.25, 0.3) is 0 Å². The minimum atomic E-state index is 0.578. The predicted octanol–water partition coefficient (Wildman–Crippen LogP) is 3.27. The van der Waals surface area contributed by atoms with Crippen molar-refractivity contribution < 1.29 is 4.74 Å². The topological polar surface area (TPSA) is 24.8 Å². The lowest BCUT2D eigenvalue weighted by Gasteiger charge is -2.17. The van der Waals surface area contributed by atoms with E-state index in [9.17, 15) is 0 Å². The maximum absolute atomic E-state index is 6.02.